The third-order valence-electron chi connectivity index (χ3n) is 4.11. The highest BCUT2D eigenvalue weighted by Crippen LogP contribution is 2.30. The Hall–Kier alpha value is -0.0800. The maximum absolute atomic E-state index is 12.5. The molecule has 2 saturated carbocycles. The minimum Gasteiger partial charge on any atom is -0.309 e. The van der Waals surface area contributed by atoms with Gasteiger partial charge in [-0.15, -0.1) is 11.3 Å². The molecular formula is C14H22N2O2S3. The van der Waals surface area contributed by atoms with Crippen LogP contribution in [0, 0.1) is 0 Å². The Morgan fingerprint density at radius 2 is 2.10 bits per heavy atom. The molecule has 3 rings (SSSR count). The summed E-state index contributed by atoms with van der Waals surface area (Å²) in [7, 11) is -3.36. The van der Waals surface area contributed by atoms with Crippen LogP contribution in [0.5, 0.6) is 0 Å². The van der Waals surface area contributed by atoms with E-state index in [0.717, 1.165) is 30.7 Å². The van der Waals surface area contributed by atoms with Crippen molar-refractivity contribution in [2.75, 3.05) is 6.26 Å². The second-order valence-electron chi connectivity index (χ2n) is 5.81. The minimum absolute atomic E-state index is 0.0835. The Morgan fingerprint density at radius 1 is 1.29 bits per heavy atom. The number of thioether (sulfide) groups is 1. The summed E-state index contributed by atoms with van der Waals surface area (Å²) in [5, 5.41) is 3.83. The van der Waals surface area contributed by atoms with Gasteiger partial charge in [0, 0.05) is 28.8 Å². The van der Waals surface area contributed by atoms with Gasteiger partial charge in [0.25, 0.3) is 0 Å². The first kappa shape index (κ1) is 15.8. The lowest BCUT2D eigenvalue weighted by molar-refractivity contribution is 0.557. The molecule has 7 heteroatoms. The molecule has 118 valence electrons. The summed E-state index contributed by atoms with van der Waals surface area (Å²) >= 11 is 3.15. The lowest BCUT2D eigenvalue weighted by Crippen LogP contribution is -2.38. The van der Waals surface area contributed by atoms with Crippen LogP contribution >= 0.6 is 23.1 Å². The molecule has 0 aliphatic heterocycles. The molecule has 0 aromatic carbocycles. The van der Waals surface area contributed by atoms with Gasteiger partial charge in [0.2, 0.25) is 10.0 Å². The van der Waals surface area contributed by atoms with Crippen LogP contribution in [-0.2, 0) is 16.6 Å². The van der Waals surface area contributed by atoms with E-state index in [1.54, 1.807) is 17.8 Å². The number of nitrogens with one attached hydrogen (secondary N) is 2. The summed E-state index contributed by atoms with van der Waals surface area (Å²) in [6.07, 6.45) is 7.72. The number of thiophene rings is 1. The molecule has 2 unspecified atom stereocenters. The van der Waals surface area contributed by atoms with Crippen LogP contribution in [0.25, 0.3) is 0 Å². The van der Waals surface area contributed by atoms with Crippen molar-refractivity contribution in [3.63, 3.8) is 0 Å². The van der Waals surface area contributed by atoms with Gasteiger partial charge in [0.1, 0.15) is 4.21 Å². The molecule has 2 aliphatic rings. The monoisotopic (exact) mass is 346 g/mol. The van der Waals surface area contributed by atoms with E-state index in [9.17, 15) is 8.42 Å². The molecule has 1 aromatic rings. The highest BCUT2D eigenvalue weighted by atomic mass is 32.2. The molecule has 2 N–H and O–H groups in total. The van der Waals surface area contributed by atoms with Crippen LogP contribution in [-0.4, -0.2) is 32.0 Å². The fourth-order valence-corrected chi connectivity index (χ4v) is 6.39. The summed E-state index contributed by atoms with van der Waals surface area (Å²) < 4.78 is 28.3. The predicted molar refractivity (Wildman–Crippen MR) is 89.4 cm³/mol. The van der Waals surface area contributed by atoms with Crippen LogP contribution in [0.3, 0.4) is 0 Å². The van der Waals surface area contributed by atoms with Gasteiger partial charge in [0.15, 0.2) is 0 Å². The minimum atomic E-state index is -3.36. The average Bonchev–Trinajstić information content (AvgIpc) is 2.98. The fraction of sp³-hybridized carbons (Fsp3) is 0.714. The van der Waals surface area contributed by atoms with E-state index in [4.69, 9.17) is 0 Å². The number of rotatable bonds is 7. The van der Waals surface area contributed by atoms with Crippen molar-refractivity contribution in [1.29, 1.82) is 0 Å². The fourth-order valence-electron chi connectivity index (χ4n) is 2.73. The van der Waals surface area contributed by atoms with Gasteiger partial charge < -0.3 is 5.32 Å². The SMILES string of the molecule is CSC1CCCC1NS(=O)(=O)c1ccc(CNC2CC2)s1. The second kappa shape index (κ2) is 6.58. The maximum atomic E-state index is 12.5. The molecule has 2 fully saturated rings. The highest BCUT2D eigenvalue weighted by Gasteiger charge is 2.31. The largest absolute Gasteiger partial charge is 0.309 e. The molecule has 21 heavy (non-hydrogen) atoms. The van der Waals surface area contributed by atoms with Gasteiger partial charge in [-0.2, -0.15) is 11.8 Å². The quantitative estimate of drug-likeness (QED) is 0.797. The number of sulfonamides is 1. The lowest BCUT2D eigenvalue weighted by atomic mass is 10.3. The van der Waals surface area contributed by atoms with E-state index < -0.39 is 10.0 Å². The molecule has 0 bridgehead atoms. The maximum Gasteiger partial charge on any atom is 0.250 e. The Bertz CT molecular complexity index is 581. The van der Waals surface area contributed by atoms with Crippen molar-refractivity contribution in [3.8, 4) is 0 Å². The van der Waals surface area contributed by atoms with Crippen LogP contribution < -0.4 is 10.0 Å². The van der Waals surface area contributed by atoms with Gasteiger partial charge in [0.05, 0.1) is 0 Å². The Morgan fingerprint density at radius 3 is 2.81 bits per heavy atom. The van der Waals surface area contributed by atoms with E-state index in [1.807, 2.05) is 6.07 Å². The summed E-state index contributed by atoms with van der Waals surface area (Å²) in [5.41, 5.74) is 0. The molecule has 1 aromatic heterocycles. The molecule has 2 aliphatic carbocycles. The van der Waals surface area contributed by atoms with Crippen molar-refractivity contribution in [1.82, 2.24) is 10.0 Å². The highest BCUT2D eigenvalue weighted by molar-refractivity contribution is 7.99. The molecule has 0 saturated heterocycles. The Balaban J connectivity index is 1.63. The Labute approximate surface area is 135 Å². The van der Waals surface area contributed by atoms with Crippen LogP contribution in [0.4, 0.5) is 0 Å². The molecule has 0 amide bonds. The zero-order chi connectivity index (χ0) is 14.9. The van der Waals surface area contributed by atoms with Crippen LogP contribution in [0.2, 0.25) is 0 Å². The van der Waals surface area contributed by atoms with E-state index >= 15 is 0 Å². The van der Waals surface area contributed by atoms with Gasteiger partial charge in [-0.1, -0.05) is 6.42 Å². The summed E-state index contributed by atoms with van der Waals surface area (Å²) in [5.74, 6) is 0. The molecule has 0 radical (unpaired) electrons. The number of hydrogen-bond donors (Lipinski definition) is 2. The van der Waals surface area contributed by atoms with E-state index in [1.165, 1.54) is 24.2 Å². The van der Waals surface area contributed by atoms with Crippen LogP contribution in [0.1, 0.15) is 37.0 Å². The first-order valence-corrected chi connectivity index (χ1v) is 11.0. The summed E-state index contributed by atoms with van der Waals surface area (Å²) in [6.45, 7) is 0.779. The lowest BCUT2D eigenvalue weighted by Gasteiger charge is -2.18. The van der Waals surface area contributed by atoms with Crippen molar-refractivity contribution in [2.24, 2.45) is 0 Å². The van der Waals surface area contributed by atoms with Gasteiger partial charge in [-0.25, -0.2) is 13.1 Å². The third kappa shape index (κ3) is 4.01. The number of hydrogen-bond acceptors (Lipinski definition) is 5. The van der Waals surface area contributed by atoms with E-state index in [2.05, 4.69) is 16.3 Å². The van der Waals surface area contributed by atoms with E-state index in [-0.39, 0.29) is 6.04 Å². The first-order valence-electron chi connectivity index (χ1n) is 7.46. The zero-order valence-corrected chi connectivity index (χ0v) is 14.6. The molecule has 1 heterocycles. The summed E-state index contributed by atoms with van der Waals surface area (Å²) in [6, 6.07) is 4.39. The second-order valence-corrected chi connectivity index (χ2v) is 9.99. The van der Waals surface area contributed by atoms with E-state index in [0.29, 0.717) is 15.5 Å². The van der Waals surface area contributed by atoms with Gasteiger partial charge in [-0.05, 0) is 44.1 Å². The van der Waals surface area contributed by atoms with Gasteiger partial charge >= 0.3 is 0 Å². The molecule has 0 spiro atoms. The average molecular weight is 347 g/mol. The first-order chi connectivity index (χ1) is 10.1. The molecule has 2 atom stereocenters. The van der Waals surface area contributed by atoms with Crippen LogP contribution in [0.15, 0.2) is 16.3 Å². The van der Waals surface area contributed by atoms with Crippen molar-refractivity contribution in [3.05, 3.63) is 17.0 Å². The van der Waals surface area contributed by atoms with Crippen molar-refractivity contribution < 1.29 is 8.42 Å². The standard InChI is InChI=1S/C14H22N2O2S3/c1-19-13-4-2-3-12(13)16-21(17,18)14-8-7-11(20-14)9-15-10-5-6-10/h7-8,10,12-13,15-16H,2-6,9H2,1H3. The van der Waals surface area contributed by atoms with Crippen molar-refractivity contribution >= 4 is 33.1 Å². The third-order valence-corrected chi connectivity index (χ3v) is 8.34. The van der Waals surface area contributed by atoms with Crippen molar-refractivity contribution in [2.45, 2.75) is 60.2 Å². The van der Waals surface area contributed by atoms with Gasteiger partial charge in [-0.3, -0.25) is 0 Å². The predicted octanol–water partition coefficient (Wildman–Crippen LogP) is 2.56. The smallest absolute Gasteiger partial charge is 0.250 e. The molecular weight excluding hydrogens is 324 g/mol. The Kier molecular flexibility index (Phi) is 4.95. The molecule has 4 nitrogen and oxygen atoms in total. The zero-order valence-electron chi connectivity index (χ0n) is 12.2. The normalized spacial score (nSPS) is 26.3. The topological polar surface area (TPSA) is 58.2 Å². The summed E-state index contributed by atoms with van der Waals surface area (Å²) in [4.78, 5) is 1.09.